The predicted molar refractivity (Wildman–Crippen MR) is 86.2 cm³/mol. The minimum atomic E-state index is -1.17. The van der Waals surface area contributed by atoms with E-state index in [1.165, 1.54) is 12.1 Å². The van der Waals surface area contributed by atoms with Crippen molar-refractivity contribution in [2.45, 2.75) is 11.3 Å². The summed E-state index contributed by atoms with van der Waals surface area (Å²) in [5.74, 6) is -1.82. The molecule has 0 aliphatic carbocycles. The molecule has 0 aliphatic heterocycles. The molecule has 0 aliphatic rings. The third-order valence-electron chi connectivity index (χ3n) is 3.26. The van der Waals surface area contributed by atoms with Crippen molar-refractivity contribution in [3.8, 4) is 0 Å². The zero-order chi connectivity index (χ0) is 16.8. The predicted octanol–water partition coefficient (Wildman–Crippen LogP) is 2.52. The molecule has 0 amide bonds. The minimum absolute atomic E-state index is 0.0386. The van der Waals surface area contributed by atoms with Crippen LogP contribution in [0.5, 0.6) is 0 Å². The zero-order valence-corrected chi connectivity index (χ0v) is 13.3. The van der Waals surface area contributed by atoms with E-state index in [-0.39, 0.29) is 17.7 Å². The normalized spacial score (nSPS) is 11.7. The summed E-state index contributed by atoms with van der Waals surface area (Å²) >= 11 is 0. The van der Waals surface area contributed by atoms with E-state index in [9.17, 15) is 13.8 Å². The largest absolute Gasteiger partial charge is 0.478 e. The number of hydrogen-bond donors (Lipinski definition) is 1. The van der Waals surface area contributed by atoms with Crippen molar-refractivity contribution in [3.05, 3.63) is 65.2 Å². The lowest BCUT2D eigenvalue weighted by atomic mass is 10.1. The Morgan fingerprint density at radius 1 is 1.04 bits per heavy atom. The van der Waals surface area contributed by atoms with Gasteiger partial charge < -0.3 is 9.84 Å². The van der Waals surface area contributed by atoms with Gasteiger partial charge in [0.05, 0.1) is 17.7 Å². The highest BCUT2D eigenvalue weighted by Crippen LogP contribution is 2.12. The highest BCUT2D eigenvalue weighted by Gasteiger charge is 2.16. The van der Waals surface area contributed by atoms with Crippen molar-refractivity contribution < 1.29 is 23.6 Å². The molecule has 1 unspecified atom stereocenters. The van der Waals surface area contributed by atoms with Crippen LogP contribution in [0.3, 0.4) is 0 Å². The maximum absolute atomic E-state index is 12.0. The average Bonchev–Trinajstić information content (AvgIpc) is 2.55. The first-order valence-corrected chi connectivity index (χ1v) is 8.46. The summed E-state index contributed by atoms with van der Waals surface area (Å²) in [4.78, 5) is 23.8. The number of benzene rings is 2. The molecule has 120 valence electrons. The fourth-order valence-electron chi connectivity index (χ4n) is 2.03. The van der Waals surface area contributed by atoms with Gasteiger partial charge in [-0.2, -0.15) is 0 Å². The monoisotopic (exact) mass is 332 g/mol. The van der Waals surface area contributed by atoms with Gasteiger partial charge in [0, 0.05) is 28.4 Å². The molecule has 0 aromatic heterocycles. The van der Waals surface area contributed by atoms with Crippen molar-refractivity contribution in [1.29, 1.82) is 0 Å². The number of carboxylic acids is 1. The Kier molecular flexibility index (Phi) is 5.65. The SMILES string of the molecule is CS(=O)c1ccc(CCOC(=O)c2ccccc2C(=O)O)cc1. The van der Waals surface area contributed by atoms with Gasteiger partial charge in [-0.3, -0.25) is 4.21 Å². The molecule has 0 saturated heterocycles. The van der Waals surface area contributed by atoms with Crippen LogP contribution in [0.2, 0.25) is 0 Å². The maximum atomic E-state index is 12.0. The summed E-state index contributed by atoms with van der Waals surface area (Å²) in [6.07, 6.45) is 2.11. The van der Waals surface area contributed by atoms with E-state index in [1.54, 1.807) is 30.5 Å². The molecule has 23 heavy (non-hydrogen) atoms. The molecule has 0 saturated carbocycles. The molecule has 0 spiro atoms. The van der Waals surface area contributed by atoms with Crippen molar-refractivity contribution in [2.75, 3.05) is 12.9 Å². The van der Waals surface area contributed by atoms with Crippen LogP contribution >= 0.6 is 0 Å². The van der Waals surface area contributed by atoms with Crippen LogP contribution in [0.4, 0.5) is 0 Å². The van der Waals surface area contributed by atoms with Crippen molar-refractivity contribution in [1.82, 2.24) is 0 Å². The first kappa shape index (κ1) is 16.9. The summed E-state index contributed by atoms with van der Waals surface area (Å²) in [5.41, 5.74) is 0.905. The van der Waals surface area contributed by atoms with Crippen LogP contribution in [0.1, 0.15) is 26.3 Å². The fraction of sp³-hybridized carbons (Fsp3) is 0.176. The topological polar surface area (TPSA) is 80.7 Å². The third-order valence-corrected chi connectivity index (χ3v) is 4.19. The van der Waals surface area contributed by atoms with Gasteiger partial charge in [0.25, 0.3) is 0 Å². The van der Waals surface area contributed by atoms with Gasteiger partial charge >= 0.3 is 11.9 Å². The van der Waals surface area contributed by atoms with E-state index in [4.69, 9.17) is 9.84 Å². The van der Waals surface area contributed by atoms with Crippen molar-refractivity contribution >= 4 is 22.7 Å². The average molecular weight is 332 g/mol. The van der Waals surface area contributed by atoms with E-state index < -0.39 is 22.7 Å². The van der Waals surface area contributed by atoms with Crippen LogP contribution in [-0.2, 0) is 22.0 Å². The molecular weight excluding hydrogens is 316 g/mol. The number of esters is 1. The van der Waals surface area contributed by atoms with Gasteiger partial charge in [-0.15, -0.1) is 0 Å². The second kappa shape index (κ2) is 7.69. The molecule has 1 atom stereocenters. The first-order chi connectivity index (χ1) is 11.0. The van der Waals surface area contributed by atoms with Crippen LogP contribution in [0, 0.1) is 0 Å². The highest BCUT2D eigenvalue weighted by atomic mass is 32.2. The standard InChI is InChI=1S/C17H16O5S/c1-23(21)13-8-6-12(7-9-13)10-11-22-17(20)15-5-3-2-4-14(15)16(18)19/h2-9H,10-11H2,1H3,(H,18,19). The van der Waals surface area contributed by atoms with Crippen molar-refractivity contribution in [3.63, 3.8) is 0 Å². The number of hydrogen-bond acceptors (Lipinski definition) is 4. The molecule has 0 fully saturated rings. The smallest absolute Gasteiger partial charge is 0.339 e. The number of carbonyl (C=O) groups excluding carboxylic acids is 1. The summed E-state index contributed by atoms with van der Waals surface area (Å²) in [6.45, 7) is 0.140. The number of aromatic carboxylic acids is 1. The van der Waals surface area contributed by atoms with E-state index in [0.717, 1.165) is 10.5 Å². The number of rotatable bonds is 6. The molecule has 2 aromatic carbocycles. The summed E-state index contributed by atoms with van der Waals surface area (Å²) < 4.78 is 16.4. The van der Waals surface area contributed by atoms with Gasteiger partial charge in [-0.1, -0.05) is 24.3 Å². The molecule has 1 N–H and O–H groups in total. The fourth-order valence-corrected chi connectivity index (χ4v) is 2.55. The second-order valence-electron chi connectivity index (χ2n) is 4.83. The van der Waals surface area contributed by atoms with E-state index >= 15 is 0 Å². The quantitative estimate of drug-likeness (QED) is 0.822. The summed E-state index contributed by atoms with van der Waals surface area (Å²) in [6, 6.07) is 13.1. The van der Waals surface area contributed by atoms with Crippen LogP contribution in [0.15, 0.2) is 53.4 Å². The first-order valence-electron chi connectivity index (χ1n) is 6.91. The Balaban J connectivity index is 1.95. The number of carbonyl (C=O) groups is 2. The molecule has 0 bridgehead atoms. The van der Waals surface area contributed by atoms with Crippen LogP contribution in [0.25, 0.3) is 0 Å². The van der Waals surface area contributed by atoms with Gasteiger partial charge in [-0.05, 0) is 29.8 Å². The Labute approximate surface area is 136 Å². The van der Waals surface area contributed by atoms with E-state index in [2.05, 4.69) is 0 Å². The highest BCUT2D eigenvalue weighted by molar-refractivity contribution is 7.84. The second-order valence-corrected chi connectivity index (χ2v) is 6.21. The molecule has 2 rings (SSSR count). The Bertz CT molecular complexity index is 737. The van der Waals surface area contributed by atoms with E-state index in [0.29, 0.717) is 6.42 Å². The third kappa shape index (κ3) is 4.50. The molecule has 0 radical (unpaired) electrons. The zero-order valence-electron chi connectivity index (χ0n) is 12.5. The lowest BCUT2D eigenvalue weighted by Gasteiger charge is -2.07. The molecule has 2 aromatic rings. The molecule has 5 nitrogen and oxygen atoms in total. The number of carboxylic acid groups (broad SMARTS) is 1. The number of ether oxygens (including phenoxy) is 1. The van der Waals surface area contributed by atoms with Crippen molar-refractivity contribution in [2.24, 2.45) is 0 Å². The van der Waals surface area contributed by atoms with Gasteiger partial charge in [0.15, 0.2) is 0 Å². The lowest BCUT2D eigenvalue weighted by molar-refractivity contribution is 0.0498. The maximum Gasteiger partial charge on any atom is 0.339 e. The minimum Gasteiger partial charge on any atom is -0.478 e. The van der Waals surface area contributed by atoms with Crippen LogP contribution < -0.4 is 0 Å². The van der Waals surface area contributed by atoms with Gasteiger partial charge in [-0.25, -0.2) is 9.59 Å². The van der Waals surface area contributed by atoms with Gasteiger partial charge in [0.2, 0.25) is 0 Å². The van der Waals surface area contributed by atoms with Gasteiger partial charge in [0.1, 0.15) is 0 Å². The Morgan fingerprint density at radius 3 is 2.22 bits per heavy atom. The summed E-state index contributed by atoms with van der Waals surface area (Å²) in [7, 11) is -1.02. The van der Waals surface area contributed by atoms with Crippen LogP contribution in [-0.4, -0.2) is 34.1 Å². The Morgan fingerprint density at radius 2 is 1.65 bits per heavy atom. The van der Waals surface area contributed by atoms with E-state index in [1.807, 2.05) is 12.1 Å². The molecule has 0 heterocycles. The summed E-state index contributed by atoms with van der Waals surface area (Å²) in [5, 5.41) is 9.06. The molecular formula is C17H16O5S. The molecule has 6 heteroatoms. The lowest BCUT2D eigenvalue weighted by Crippen LogP contribution is -2.13. The Hall–Kier alpha value is -2.47.